The van der Waals surface area contributed by atoms with E-state index in [-0.39, 0.29) is 5.92 Å². The molecule has 0 aromatic carbocycles. The predicted octanol–water partition coefficient (Wildman–Crippen LogP) is 2.84. The maximum Gasteiger partial charge on any atom is 0.392 e. The van der Waals surface area contributed by atoms with Crippen molar-refractivity contribution >= 4 is 0 Å². The van der Waals surface area contributed by atoms with E-state index in [1.165, 1.54) is 0 Å². The molecule has 0 aliphatic heterocycles. The van der Waals surface area contributed by atoms with Gasteiger partial charge in [0.05, 0.1) is 5.92 Å². The molecule has 0 bridgehead atoms. The Morgan fingerprint density at radius 2 is 1.73 bits per heavy atom. The van der Waals surface area contributed by atoms with E-state index >= 15 is 0 Å². The lowest BCUT2D eigenvalue weighted by atomic mass is 9.99. The third kappa shape index (κ3) is 1.05. The Hall–Kier alpha value is -0.210. The molecule has 0 radical (unpaired) electrons. The van der Waals surface area contributed by atoms with Gasteiger partial charge in [0.1, 0.15) is 0 Å². The molecule has 2 aliphatic carbocycles. The van der Waals surface area contributed by atoms with Gasteiger partial charge >= 0.3 is 6.18 Å². The van der Waals surface area contributed by atoms with Gasteiger partial charge in [-0.1, -0.05) is 6.92 Å². The smallest absolute Gasteiger partial charge is 0.171 e. The highest BCUT2D eigenvalue weighted by atomic mass is 19.4. The Kier molecular flexibility index (Phi) is 1.31. The fraction of sp³-hybridized carbons (Fsp3) is 1.00. The van der Waals surface area contributed by atoms with Crippen LogP contribution in [-0.2, 0) is 0 Å². The van der Waals surface area contributed by atoms with Crippen molar-refractivity contribution in [1.29, 1.82) is 0 Å². The Morgan fingerprint density at radius 1 is 1.09 bits per heavy atom. The number of hydrogen-bond donors (Lipinski definition) is 0. The lowest BCUT2D eigenvalue weighted by Crippen LogP contribution is -2.23. The quantitative estimate of drug-likeness (QED) is 0.516. The molecular formula is C8H11F3. The van der Waals surface area contributed by atoms with Crippen LogP contribution in [0.25, 0.3) is 0 Å². The van der Waals surface area contributed by atoms with Crippen LogP contribution in [0.4, 0.5) is 13.2 Å². The van der Waals surface area contributed by atoms with E-state index in [0.717, 1.165) is 6.42 Å². The van der Waals surface area contributed by atoms with Gasteiger partial charge in [-0.2, -0.15) is 13.2 Å². The van der Waals surface area contributed by atoms with E-state index in [0.29, 0.717) is 18.3 Å². The van der Waals surface area contributed by atoms with Crippen LogP contribution < -0.4 is 0 Å². The highest BCUT2D eigenvalue weighted by Gasteiger charge is 2.61. The molecule has 2 rings (SSSR count). The molecule has 0 spiro atoms. The van der Waals surface area contributed by atoms with E-state index in [2.05, 4.69) is 0 Å². The van der Waals surface area contributed by atoms with Crippen LogP contribution >= 0.6 is 0 Å². The average Bonchev–Trinajstić information content (AvgIpc) is 2.53. The topological polar surface area (TPSA) is 0 Å². The summed E-state index contributed by atoms with van der Waals surface area (Å²) in [6.07, 6.45) is -2.73. The summed E-state index contributed by atoms with van der Waals surface area (Å²) in [7, 11) is 0. The van der Waals surface area contributed by atoms with Crippen molar-refractivity contribution in [3.05, 3.63) is 0 Å². The number of fused-ring (bicyclic) bond motifs is 1. The number of hydrogen-bond acceptors (Lipinski definition) is 0. The highest BCUT2D eigenvalue weighted by molar-refractivity contribution is 5.03. The fourth-order valence-corrected chi connectivity index (χ4v) is 2.48. The molecule has 0 amide bonds. The van der Waals surface area contributed by atoms with Crippen molar-refractivity contribution in [3.63, 3.8) is 0 Å². The van der Waals surface area contributed by atoms with E-state index in [1.807, 2.05) is 6.92 Å². The molecule has 2 fully saturated rings. The average molecular weight is 164 g/mol. The normalized spacial score (nSPS) is 49.1. The van der Waals surface area contributed by atoms with Gasteiger partial charge in [-0.25, -0.2) is 0 Å². The molecule has 64 valence electrons. The van der Waals surface area contributed by atoms with E-state index in [4.69, 9.17) is 0 Å². The molecule has 4 unspecified atom stereocenters. The Morgan fingerprint density at radius 3 is 1.91 bits per heavy atom. The second-order valence-electron chi connectivity index (χ2n) is 3.92. The van der Waals surface area contributed by atoms with Crippen molar-refractivity contribution in [2.75, 3.05) is 0 Å². The molecule has 0 saturated heterocycles. The van der Waals surface area contributed by atoms with Crippen molar-refractivity contribution in [1.82, 2.24) is 0 Å². The van der Waals surface area contributed by atoms with Gasteiger partial charge in [0, 0.05) is 0 Å². The third-order valence-corrected chi connectivity index (χ3v) is 3.19. The maximum atomic E-state index is 12.2. The molecular weight excluding hydrogens is 153 g/mol. The molecule has 11 heavy (non-hydrogen) atoms. The lowest BCUT2D eigenvalue weighted by Gasteiger charge is -2.16. The van der Waals surface area contributed by atoms with Crippen LogP contribution in [0.5, 0.6) is 0 Å². The summed E-state index contributed by atoms with van der Waals surface area (Å²) < 4.78 is 36.6. The molecule has 0 aromatic heterocycles. The highest BCUT2D eigenvalue weighted by Crippen LogP contribution is 2.62. The van der Waals surface area contributed by atoms with Gasteiger partial charge in [-0.15, -0.1) is 0 Å². The molecule has 0 N–H and O–H groups in total. The summed E-state index contributed by atoms with van der Waals surface area (Å²) in [6.45, 7) is 1.94. The summed E-state index contributed by atoms with van der Waals surface area (Å²) >= 11 is 0. The maximum absolute atomic E-state index is 12.2. The summed E-state index contributed by atoms with van der Waals surface area (Å²) in [6, 6.07) is 0. The summed E-state index contributed by atoms with van der Waals surface area (Å²) in [5.41, 5.74) is 0. The number of halogens is 3. The Bertz CT molecular complexity index is 173. The third-order valence-electron chi connectivity index (χ3n) is 3.19. The minimum atomic E-state index is -3.93. The second-order valence-corrected chi connectivity index (χ2v) is 3.92. The first-order chi connectivity index (χ1) is 5.00. The van der Waals surface area contributed by atoms with Crippen LogP contribution in [0.2, 0.25) is 0 Å². The SMILES string of the molecule is CC1CC(C(F)(F)F)C2CC12. The van der Waals surface area contributed by atoms with Crippen LogP contribution in [0, 0.1) is 23.7 Å². The van der Waals surface area contributed by atoms with Crippen LogP contribution in [0.1, 0.15) is 19.8 Å². The minimum absolute atomic E-state index is 0.00926. The predicted molar refractivity (Wildman–Crippen MR) is 34.9 cm³/mol. The Balaban J connectivity index is 2.08. The molecule has 0 heterocycles. The van der Waals surface area contributed by atoms with E-state index < -0.39 is 12.1 Å². The van der Waals surface area contributed by atoms with Crippen molar-refractivity contribution < 1.29 is 13.2 Å². The van der Waals surface area contributed by atoms with E-state index in [1.54, 1.807) is 0 Å². The lowest BCUT2D eigenvalue weighted by molar-refractivity contribution is -0.179. The van der Waals surface area contributed by atoms with Crippen molar-refractivity contribution in [2.24, 2.45) is 23.7 Å². The standard InChI is InChI=1S/C8H11F3/c1-4-2-7(8(9,10)11)6-3-5(4)6/h4-7H,2-3H2,1H3. The number of alkyl halides is 3. The molecule has 0 aromatic rings. The van der Waals surface area contributed by atoms with Crippen LogP contribution in [0.15, 0.2) is 0 Å². The zero-order chi connectivity index (χ0) is 8.22. The van der Waals surface area contributed by atoms with Gasteiger partial charge in [0.25, 0.3) is 0 Å². The molecule has 2 saturated carbocycles. The molecule has 3 heteroatoms. The molecule has 2 aliphatic rings. The Labute approximate surface area is 63.8 Å². The van der Waals surface area contributed by atoms with E-state index in [9.17, 15) is 13.2 Å². The minimum Gasteiger partial charge on any atom is -0.171 e. The summed E-state index contributed by atoms with van der Waals surface area (Å²) in [4.78, 5) is 0. The first-order valence-electron chi connectivity index (χ1n) is 4.07. The largest absolute Gasteiger partial charge is 0.392 e. The summed E-state index contributed by atoms with van der Waals surface area (Å²) in [5.74, 6) is -0.263. The number of rotatable bonds is 0. The van der Waals surface area contributed by atoms with Gasteiger partial charge in [-0.05, 0) is 30.6 Å². The summed E-state index contributed by atoms with van der Waals surface area (Å²) in [5, 5.41) is 0. The van der Waals surface area contributed by atoms with Crippen LogP contribution in [-0.4, -0.2) is 6.18 Å². The zero-order valence-corrected chi connectivity index (χ0v) is 6.36. The first kappa shape index (κ1) is 7.44. The molecule has 4 atom stereocenters. The van der Waals surface area contributed by atoms with Gasteiger partial charge in [0.15, 0.2) is 0 Å². The zero-order valence-electron chi connectivity index (χ0n) is 6.36. The van der Waals surface area contributed by atoms with Crippen molar-refractivity contribution in [2.45, 2.75) is 25.9 Å². The van der Waals surface area contributed by atoms with Gasteiger partial charge in [0.2, 0.25) is 0 Å². The monoisotopic (exact) mass is 164 g/mol. The van der Waals surface area contributed by atoms with Gasteiger partial charge in [-0.3, -0.25) is 0 Å². The molecule has 0 nitrogen and oxygen atoms in total. The fourth-order valence-electron chi connectivity index (χ4n) is 2.48. The first-order valence-corrected chi connectivity index (χ1v) is 4.07. The second kappa shape index (κ2) is 1.93. The van der Waals surface area contributed by atoms with Crippen LogP contribution in [0.3, 0.4) is 0 Å². The van der Waals surface area contributed by atoms with Gasteiger partial charge < -0.3 is 0 Å². The van der Waals surface area contributed by atoms with Crippen molar-refractivity contribution in [3.8, 4) is 0 Å².